The Bertz CT molecular complexity index is 677. The largest absolute Gasteiger partial charge is 0.481 e. The lowest BCUT2D eigenvalue weighted by atomic mass is 10.1. The summed E-state index contributed by atoms with van der Waals surface area (Å²) in [4.78, 5) is 12.3. The van der Waals surface area contributed by atoms with Crippen LogP contribution in [-0.2, 0) is 4.79 Å². The highest BCUT2D eigenvalue weighted by molar-refractivity contribution is 6.30. The van der Waals surface area contributed by atoms with Gasteiger partial charge in [-0.15, -0.1) is 0 Å². The Balaban J connectivity index is 2.05. The SMILES string of the molecule is Cc1cc(C)cc(NC(=O)[C@H](C)Oc2ccc(Cl)cc2C)c1. The number of carbonyl (C=O) groups excluding carboxylic acids is 1. The Morgan fingerprint density at radius 2 is 1.73 bits per heavy atom. The molecule has 0 fully saturated rings. The van der Waals surface area contributed by atoms with Gasteiger partial charge in [0.25, 0.3) is 5.91 Å². The number of nitrogens with one attached hydrogen (secondary N) is 1. The molecule has 0 aromatic heterocycles. The van der Waals surface area contributed by atoms with Crippen molar-refractivity contribution in [3.8, 4) is 5.75 Å². The molecular formula is C18H20ClNO2. The number of hydrogen-bond acceptors (Lipinski definition) is 2. The van der Waals surface area contributed by atoms with Crippen molar-refractivity contribution in [2.45, 2.75) is 33.8 Å². The fraction of sp³-hybridized carbons (Fsp3) is 0.278. The number of hydrogen-bond donors (Lipinski definition) is 1. The van der Waals surface area contributed by atoms with Crippen LogP contribution in [0.3, 0.4) is 0 Å². The lowest BCUT2D eigenvalue weighted by molar-refractivity contribution is -0.122. The van der Waals surface area contributed by atoms with Crippen LogP contribution < -0.4 is 10.1 Å². The van der Waals surface area contributed by atoms with Crippen molar-refractivity contribution in [1.82, 2.24) is 0 Å². The standard InChI is InChI=1S/C18H20ClNO2/c1-11-7-12(2)9-16(8-11)20-18(21)14(4)22-17-6-5-15(19)10-13(17)3/h5-10,14H,1-4H3,(H,20,21)/t14-/m0/s1. The molecule has 0 aliphatic carbocycles. The molecule has 22 heavy (non-hydrogen) atoms. The van der Waals surface area contributed by atoms with Crippen LogP contribution in [-0.4, -0.2) is 12.0 Å². The van der Waals surface area contributed by atoms with Gasteiger partial charge in [-0.25, -0.2) is 0 Å². The van der Waals surface area contributed by atoms with Crippen LogP contribution in [0, 0.1) is 20.8 Å². The molecule has 2 rings (SSSR count). The van der Waals surface area contributed by atoms with Gasteiger partial charge in [-0.3, -0.25) is 4.79 Å². The summed E-state index contributed by atoms with van der Waals surface area (Å²) in [5, 5.41) is 3.53. The van der Waals surface area contributed by atoms with Gasteiger partial charge in [0.15, 0.2) is 6.10 Å². The zero-order chi connectivity index (χ0) is 16.3. The molecule has 0 aliphatic heterocycles. The third-order valence-corrected chi connectivity index (χ3v) is 3.53. The number of amides is 1. The molecule has 2 aromatic rings. The second-order valence-electron chi connectivity index (χ2n) is 5.54. The van der Waals surface area contributed by atoms with Gasteiger partial charge < -0.3 is 10.1 Å². The van der Waals surface area contributed by atoms with E-state index in [1.807, 2.05) is 39.0 Å². The zero-order valence-corrected chi connectivity index (χ0v) is 14.0. The molecule has 0 saturated carbocycles. The number of aryl methyl sites for hydroxylation is 3. The molecular weight excluding hydrogens is 298 g/mol. The topological polar surface area (TPSA) is 38.3 Å². The summed E-state index contributed by atoms with van der Waals surface area (Å²) in [5.74, 6) is 0.479. The highest BCUT2D eigenvalue weighted by Crippen LogP contribution is 2.23. The molecule has 116 valence electrons. The summed E-state index contributed by atoms with van der Waals surface area (Å²) in [6, 6.07) is 11.3. The molecule has 1 atom stereocenters. The first-order valence-corrected chi connectivity index (χ1v) is 7.55. The molecule has 0 bridgehead atoms. The van der Waals surface area contributed by atoms with E-state index in [1.165, 1.54) is 0 Å². The molecule has 4 heteroatoms. The van der Waals surface area contributed by atoms with Gasteiger partial charge in [0.1, 0.15) is 5.75 Å². The van der Waals surface area contributed by atoms with E-state index in [-0.39, 0.29) is 5.91 Å². The Labute approximate surface area is 136 Å². The third-order valence-electron chi connectivity index (χ3n) is 3.30. The molecule has 0 unspecified atom stereocenters. The fourth-order valence-electron chi connectivity index (χ4n) is 2.28. The van der Waals surface area contributed by atoms with E-state index >= 15 is 0 Å². The summed E-state index contributed by atoms with van der Waals surface area (Å²) in [7, 11) is 0. The summed E-state index contributed by atoms with van der Waals surface area (Å²) in [6.45, 7) is 7.63. The summed E-state index contributed by atoms with van der Waals surface area (Å²) in [5.41, 5.74) is 3.90. The summed E-state index contributed by atoms with van der Waals surface area (Å²) in [6.07, 6.45) is -0.597. The number of halogens is 1. The van der Waals surface area contributed by atoms with E-state index in [0.717, 1.165) is 22.4 Å². The van der Waals surface area contributed by atoms with Crippen molar-refractivity contribution in [3.63, 3.8) is 0 Å². The first kappa shape index (κ1) is 16.4. The maximum atomic E-state index is 12.3. The first-order valence-electron chi connectivity index (χ1n) is 7.17. The first-order chi connectivity index (χ1) is 10.3. The molecule has 0 heterocycles. The molecule has 0 spiro atoms. The predicted molar refractivity (Wildman–Crippen MR) is 90.8 cm³/mol. The fourth-order valence-corrected chi connectivity index (χ4v) is 2.51. The van der Waals surface area contributed by atoms with Crippen LogP contribution in [0.4, 0.5) is 5.69 Å². The highest BCUT2D eigenvalue weighted by Gasteiger charge is 2.16. The number of carbonyl (C=O) groups is 1. The summed E-state index contributed by atoms with van der Waals surface area (Å²) < 4.78 is 5.72. The number of rotatable bonds is 4. The van der Waals surface area contributed by atoms with Gasteiger partial charge in [-0.2, -0.15) is 0 Å². The lowest BCUT2D eigenvalue weighted by Gasteiger charge is -2.17. The van der Waals surface area contributed by atoms with Crippen LogP contribution in [0.1, 0.15) is 23.6 Å². The molecule has 3 nitrogen and oxygen atoms in total. The van der Waals surface area contributed by atoms with Gasteiger partial charge >= 0.3 is 0 Å². The lowest BCUT2D eigenvalue weighted by Crippen LogP contribution is -2.30. The van der Waals surface area contributed by atoms with Crippen LogP contribution in [0.2, 0.25) is 5.02 Å². The quantitative estimate of drug-likeness (QED) is 0.889. The average molecular weight is 318 g/mol. The van der Waals surface area contributed by atoms with Crippen LogP contribution in [0.5, 0.6) is 5.75 Å². The predicted octanol–water partition coefficient (Wildman–Crippen LogP) is 4.67. The van der Waals surface area contributed by atoms with E-state index in [4.69, 9.17) is 16.3 Å². The van der Waals surface area contributed by atoms with Crippen LogP contribution >= 0.6 is 11.6 Å². The van der Waals surface area contributed by atoms with Crippen molar-refractivity contribution < 1.29 is 9.53 Å². The number of ether oxygens (including phenoxy) is 1. The van der Waals surface area contributed by atoms with Gasteiger partial charge in [-0.1, -0.05) is 17.7 Å². The summed E-state index contributed by atoms with van der Waals surface area (Å²) >= 11 is 5.92. The Hall–Kier alpha value is -2.00. The molecule has 1 N–H and O–H groups in total. The van der Waals surface area contributed by atoms with E-state index < -0.39 is 6.10 Å². The van der Waals surface area contributed by atoms with Gasteiger partial charge in [0, 0.05) is 10.7 Å². The Morgan fingerprint density at radius 3 is 2.32 bits per heavy atom. The minimum atomic E-state index is -0.597. The third kappa shape index (κ3) is 4.25. The smallest absolute Gasteiger partial charge is 0.265 e. The Morgan fingerprint density at radius 1 is 1.09 bits per heavy atom. The van der Waals surface area contributed by atoms with Crippen molar-refractivity contribution >= 4 is 23.2 Å². The maximum Gasteiger partial charge on any atom is 0.265 e. The minimum absolute atomic E-state index is 0.181. The zero-order valence-electron chi connectivity index (χ0n) is 13.2. The van der Waals surface area contributed by atoms with E-state index in [1.54, 1.807) is 19.1 Å². The van der Waals surface area contributed by atoms with Crippen LogP contribution in [0.25, 0.3) is 0 Å². The molecule has 1 amide bonds. The van der Waals surface area contributed by atoms with Crippen molar-refractivity contribution in [2.75, 3.05) is 5.32 Å². The van der Waals surface area contributed by atoms with E-state index in [0.29, 0.717) is 10.8 Å². The van der Waals surface area contributed by atoms with Crippen molar-refractivity contribution in [2.24, 2.45) is 0 Å². The van der Waals surface area contributed by atoms with Gasteiger partial charge in [-0.05, 0) is 74.7 Å². The maximum absolute atomic E-state index is 12.3. The molecule has 2 aromatic carbocycles. The van der Waals surface area contributed by atoms with Gasteiger partial charge in [0.2, 0.25) is 0 Å². The monoisotopic (exact) mass is 317 g/mol. The highest BCUT2D eigenvalue weighted by atomic mass is 35.5. The average Bonchev–Trinajstić information content (AvgIpc) is 2.40. The van der Waals surface area contributed by atoms with E-state index in [9.17, 15) is 4.79 Å². The Kier molecular flexibility index (Phi) is 5.09. The molecule has 0 aliphatic rings. The molecule has 0 radical (unpaired) electrons. The number of anilines is 1. The van der Waals surface area contributed by atoms with Crippen molar-refractivity contribution in [3.05, 3.63) is 58.1 Å². The van der Waals surface area contributed by atoms with Crippen molar-refractivity contribution in [1.29, 1.82) is 0 Å². The molecule has 0 saturated heterocycles. The second-order valence-corrected chi connectivity index (χ2v) is 5.97. The normalized spacial score (nSPS) is 11.9. The minimum Gasteiger partial charge on any atom is -0.481 e. The van der Waals surface area contributed by atoms with E-state index in [2.05, 4.69) is 11.4 Å². The number of benzene rings is 2. The van der Waals surface area contributed by atoms with Gasteiger partial charge in [0.05, 0.1) is 0 Å². The van der Waals surface area contributed by atoms with Crippen LogP contribution in [0.15, 0.2) is 36.4 Å². The second kappa shape index (κ2) is 6.84.